The number of rotatable bonds is 7. The van der Waals surface area contributed by atoms with E-state index < -0.39 is 15.3 Å². The van der Waals surface area contributed by atoms with E-state index in [4.69, 9.17) is 0 Å². The highest BCUT2D eigenvalue weighted by atomic mass is 32.2. The van der Waals surface area contributed by atoms with Crippen molar-refractivity contribution in [3.05, 3.63) is 0 Å². The van der Waals surface area contributed by atoms with Crippen molar-refractivity contribution in [3.8, 4) is 0 Å². The Hall–Kier alpha value is -0.660. The standard InChI is InChI=1S/C19H35N3O3S/c1-16(2)26(24,25)21-12-6-9-18(15-21)22(19(23)17-7-5-8-17)14-13-20-10-3-4-11-20/h16-18H,3-15H2,1-2H3. The van der Waals surface area contributed by atoms with Gasteiger partial charge >= 0.3 is 0 Å². The summed E-state index contributed by atoms with van der Waals surface area (Å²) >= 11 is 0. The Morgan fingerprint density at radius 2 is 1.73 bits per heavy atom. The highest BCUT2D eigenvalue weighted by Crippen LogP contribution is 2.30. The van der Waals surface area contributed by atoms with Crippen molar-refractivity contribution < 1.29 is 13.2 Å². The fraction of sp³-hybridized carbons (Fsp3) is 0.947. The number of hydrogen-bond acceptors (Lipinski definition) is 4. The van der Waals surface area contributed by atoms with Crippen LogP contribution < -0.4 is 0 Å². The average Bonchev–Trinajstić information content (AvgIpc) is 3.07. The Morgan fingerprint density at radius 3 is 2.31 bits per heavy atom. The monoisotopic (exact) mass is 385 g/mol. The number of piperidine rings is 1. The topological polar surface area (TPSA) is 60.9 Å². The van der Waals surface area contributed by atoms with Gasteiger partial charge in [0.15, 0.2) is 0 Å². The van der Waals surface area contributed by atoms with E-state index in [0.717, 1.165) is 58.3 Å². The number of amides is 1. The largest absolute Gasteiger partial charge is 0.337 e. The Kier molecular flexibility index (Phi) is 6.62. The summed E-state index contributed by atoms with van der Waals surface area (Å²) in [6, 6.07) is 0.0352. The molecule has 0 bridgehead atoms. The van der Waals surface area contributed by atoms with Crippen LogP contribution in [-0.2, 0) is 14.8 Å². The number of nitrogens with zero attached hydrogens (tertiary/aromatic N) is 3. The van der Waals surface area contributed by atoms with Gasteiger partial charge in [0.2, 0.25) is 15.9 Å². The number of carbonyl (C=O) groups excluding carboxylic acids is 1. The molecule has 1 unspecified atom stereocenters. The zero-order valence-electron chi connectivity index (χ0n) is 16.4. The van der Waals surface area contributed by atoms with Crippen LogP contribution in [-0.4, -0.2) is 79.0 Å². The number of hydrogen-bond donors (Lipinski definition) is 0. The van der Waals surface area contributed by atoms with Gasteiger partial charge in [-0.25, -0.2) is 8.42 Å². The Labute approximate surface area is 158 Å². The van der Waals surface area contributed by atoms with Crippen LogP contribution in [0, 0.1) is 5.92 Å². The molecule has 6 nitrogen and oxygen atoms in total. The zero-order valence-corrected chi connectivity index (χ0v) is 17.2. The molecule has 3 rings (SSSR count). The molecule has 2 aliphatic heterocycles. The van der Waals surface area contributed by atoms with Crippen LogP contribution in [0.4, 0.5) is 0 Å². The van der Waals surface area contributed by atoms with Gasteiger partial charge in [0.25, 0.3) is 0 Å². The first-order chi connectivity index (χ1) is 12.4. The second-order valence-corrected chi connectivity index (χ2v) is 10.9. The molecule has 0 radical (unpaired) electrons. The van der Waals surface area contributed by atoms with E-state index in [-0.39, 0.29) is 17.9 Å². The summed E-state index contributed by atoms with van der Waals surface area (Å²) in [5, 5.41) is -0.401. The Bertz CT molecular complexity index is 583. The third-order valence-corrected chi connectivity index (χ3v) is 8.59. The summed E-state index contributed by atoms with van der Waals surface area (Å²) in [6.07, 6.45) is 7.41. The average molecular weight is 386 g/mol. The minimum Gasteiger partial charge on any atom is -0.337 e. The molecule has 26 heavy (non-hydrogen) atoms. The lowest BCUT2D eigenvalue weighted by Crippen LogP contribution is -2.55. The predicted molar refractivity (Wildman–Crippen MR) is 103 cm³/mol. The van der Waals surface area contributed by atoms with Gasteiger partial charge in [0.05, 0.1) is 5.25 Å². The molecule has 2 heterocycles. The molecular formula is C19H35N3O3S. The van der Waals surface area contributed by atoms with Crippen molar-refractivity contribution in [3.63, 3.8) is 0 Å². The lowest BCUT2D eigenvalue weighted by molar-refractivity contribution is -0.141. The van der Waals surface area contributed by atoms with Gasteiger partial charge in [-0.2, -0.15) is 4.31 Å². The van der Waals surface area contributed by atoms with E-state index >= 15 is 0 Å². The summed E-state index contributed by atoms with van der Waals surface area (Å²) < 4.78 is 26.8. The Morgan fingerprint density at radius 1 is 1.04 bits per heavy atom. The van der Waals surface area contributed by atoms with Crippen LogP contribution in [0.15, 0.2) is 0 Å². The summed E-state index contributed by atoms with van der Waals surface area (Å²) in [5.41, 5.74) is 0. The first-order valence-corrected chi connectivity index (χ1v) is 11.9. The summed E-state index contributed by atoms with van der Waals surface area (Å²) in [6.45, 7) is 8.47. The molecule has 7 heteroatoms. The Balaban J connectivity index is 1.68. The van der Waals surface area contributed by atoms with E-state index in [9.17, 15) is 13.2 Å². The van der Waals surface area contributed by atoms with Gasteiger partial charge in [-0.3, -0.25) is 4.79 Å². The van der Waals surface area contributed by atoms with E-state index in [1.54, 1.807) is 18.2 Å². The van der Waals surface area contributed by atoms with Gasteiger partial charge in [-0.1, -0.05) is 6.42 Å². The van der Waals surface area contributed by atoms with Crippen LogP contribution in [0.5, 0.6) is 0 Å². The summed E-state index contributed by atoms with van der Waals surface area (Å²) in [7, 11) is -3.25. The van der Waals surface area contributed by atoms with Crippen LogP contribution in [0.2, 0.25) is 0 Å². The molecule has 3 aliphatic rings. The molecule has 0 spiro atoms. The smallest absolute Gasteiger partial charge is 0.226 e. The van der Waals surface area contributed by atoms with Crippen molar-refractivity contribution in [2.75, 3.05) is 39.3 Å². The van der Waals surface area contributed by atoms with Crippen molar-refractivity contribution in [2.24, 2.45) is 5.92 Å². The second kappa shape index (κ2) is 8.57. The van der Waals surface area contributed by atoms with E-state index in [1.807, 2.05) is 4.90 Å². The van der Waals surface area contributed by atoms with Gasteiger partial charge in [0, 0.05) is 38.1 Å². The van der Waals surface area contributed by atoms with Crippen LogP contribution in [0.1, 0.15) is 58.8 Å². The highest BCUT2D eigenvalue weighted by Gasteiger charge is 2.38. The lowest BCUT2D eigenvalue weighted by atomic mass is 9.83. The molecule has 0 aromatic carbocycles. The number of sulfonamides is 1. The quantitative estimate of drug-likeness (QED) is 0.672. The van der Waals surface area contributed by atoms with Crippen molar-refractivity contribution >= 4 is 15.9 Å². The molecule has 1 aliphatic carbocycles. The maximum Gasteiger partial charge on any atom is 0.226 e. The summed E-state index contributed by atoms with van der Waals surface area (Å²) in [5.74, 6) is 0.440. The second-order valence-electron chi connectivity index (χ2n) is 8.46. The molecular weight excluding hydrogens is 350 g/mol. The zero-order chi connectivity index (χ0) is 18.7. The van der Waals surface area contributed by atoms with E-state index in [0.29, 0.717) is 13.1 Å². The lowest BCUT2D eigenvalue weighted by Gasteiger charge is -2.42. The fourth-order valence-corrected chi connectivity index (χ4v) is 5.68. The molecule has 0 aromatic rings. The van der Waals surface area contributed by atoms with Crippen LogP contribution in [0.3, 0.4) is 0 Å². The molecule has 1 atom stereocenters. The molecule has 1 amide bonds. The third kappa shape index (κ3) is 4.42. The van der Waals surface area contributed by atoms with Crippen molar-refractivity contribution in [2.45, 2.75) is 70.1 Å². The normalized spacial score (nSPS) is 26.2. The maximum atomic E-state index is 13.1. The molecule has 3 fully saturated rings. The summed E-state index contributed by atoms with van der Waals surface area (Å²) in [4.78, 5) is 17.5. The molecule has 150 valence electrons. The van der Waals surface area contributed by atoms with Crippen molar-refractivity contribution in [1.29, 1.82) is 0 Å². The van der Waals surface area contributed by atoms with Crippen LogP contribution in [0.25, 0.3) is 0 Å². The molecule has 1 saturated carbocycles. The minimum absolute atomic E-state index is 0.0352. The highest BCUT2D eigenvalue weighted by molar-refractivity contribution is 7.89. The molecule has 0 N–H and O–H groups in total. The number of carbonyl (C=O) groups is 1. The molecule has 2 saturated heterocycles. The maximum absolute atomic E-state index is 13.1. The minimum atomic E-state index is -3.25. The first-order valence-electron chi connectivity index (χ1n) is 10.4. The van der Waals surface area contributed by atoms with Crippen molar-refractivity contribution in [1.82, 2.24) is 14.1 Å². The van der Waals surface area contributed by atoms with Gasteiger partial charge in [-0.15, -0.1) is 0 Å². The van der Waals surface area contributed by atoms with Gasteiger partial charge < -0.3 is 9.80 Å². The molecule has 0 aromatic heterocycles. The van der Waals surface area contributed by atoms with Gasteiger partial charge in [-0.05, 0) is 65.5 Å². The third-order valence-electron chi connectivity index (χ3n) is 6.35. The first kappa shape index (κ1) is 20.1. The number of likely N-dealkylation sites (tertiary alicyclic amines) is 1. The van der Waals surface area contributed by atoms with E-state index in [1.165, 1.54) is 12.8 Å². The predicted octanol–water partition coefficient (Wildman–Crippen LogP) is 1.91. The van der Waals surface area contributed by atoms with Gasteiger partial charge in [0.1, 0.15) is 0 Å². The van der Waals surface area contributed by atoms with E-state index in [2.05, 4.69) is 4.90 Å². The fourth-order valence-electron chi connectivity index (χ4n) is 4.32. The van der Waals surface area contributed by atoms with Crippen LogP contribution >= 0.6 is 0 Å². The SMILES string of the molecule is CC(C)S(=O)(=O)N1CCCC(N(CCN2CCCC2)C(=O)C2CCC2)C1.